The highest BCUT2D eigenvalue weighted by molar-refractivity contribution is 5.76. The number of halogens is 2. The lowest BCUT2D eigenvalue weighted by molar-refractivity contribution is -0.138. The number of carboxylic acids is 1. The number of aryl methyl sites for hydroxylation is 1. The van der Waals surface area contributed by atoms with E-state index in [4.69, 9.17) is 5.11 Å². The predicted octanol–water partition coefficient (Wildman–Crippen LogP) is 2.62. The van der Waals surface area contributed by atoms with Crippen LogP contribution in [0.15, 0.2) is 24.3 Å². The zero-order valence-electron chi connectivity index (χ0n) is 15.4. The molecule has 1 fully saturated rings. The molecule has 1 aromatic carbocycles. The molecule has 0 radical (unpaired) electrons. The second kappa shape index (κ2) is 10.2. The molecular weight excluding hydrogens is 358 g/mol. The molecule has 1 saturated heterocycles. The first-order valence-electron chi connectivity index (χ1n) is 9.08. The van der Waals surface area contributed by atoms with E-state index in [9.17, 15) is 18.4 Å². The molecule has 0 saturated carbocycles. The summed E-state index contributed by atoms with van der Waals surface area (Å²) < 4.78 is 28.6. The lowest BCUT2D eigenvalue weighted by Gasteiger charge is -2.25. The Morgan fingerprint density at radius 1 is 1.26 bits per heavy atom. The number of nitrogens with zero attached hydrogens (tertiary/aromatic N) is 2. The van der Waals surface area contributed by atoms with Gasteiger partial charge in [0.05, 0.1) is 6.54 Å². The van der Waals surface area contributed by atoms with E-state index >= 15 is 0 Å². The average molecular weight is 384 g/mol. The summed E-state index contributed by atoms with van der Waals surface area (Å²) >= 11 is 0. The van der Waals surface area contributed by atoms with Crippen LogP contribution in [0.2, 0.25) is 0 Å². The van der Waals surface area contributed by atoms with Gasteiger partial charge in [-0.2, -0.15) is 8.78 Å². The lowest BCUT2D eigenvalue weighted by atomic mass is 10.1. The minimum absolute atomic E-state index is 0.00385. The summed E-state index contributed by atoms with van der Waals surface area (Å²) in [6.07, 6.45) is 3.37. The van der Waals surface area contributed by atoms with Gasteiger partial charge in [0.15, 0.2) is 0 Å². The van der Waals surface area contributed by atoms with Crippen LogP contribution in [-0.2, 0) is 16.0 Å². The number of rotatable bonds is 8. The van der Waals surface area contributed by atoms with Gasteiger partial charge >= 0.3 is 12.6 Å². The Balaban J connectivity index is 1.79. The first-order chi connectivity index (χ1) is 12.8. The van der Waals surface area contributed by atoms with Crippen molar-refractivity contribution in [3.05, 3.63) is 29.8 Å². The van der Waals surface area contributed by atoms with Gasteiger partial charge in [-0.1, -0.05) is 12.1 Å². The first kappa shape index (κ1) is 21.1. The third kappa shape index (κ3) is 7.13. The van der Waals surface area contributed by atoms with Crippen LogP contribution in [0.5, 0.6) is 5.75 Å². The third-order valence-corrected chi connectivity index (χ3v) is 4.83. The van der Waals surface area contributed by atoms with Crippen molar-refractivity contribution in [2.75, 3.05) is 26.7 Å². The molecule has 0 spiro atoms. The van der Waals surface area contributed by atoms with E-state index in [1.165, 1.54) is 12.1 Å². The Kier molecular flexibility index (Phi) is 7.97. The molecule has 1 aliphatic rings. The number of aliphatic carboxylic acids is 1. The van der Waals surface area contributed by atoms with Crippen molar-refractivity contribution >= 4 is 11.9 Å². The van der Waals surface area contributed by atoms with Crippen LogP contribution < -0.4 is 4.74 Å². The molecule has 0 aliphatic carbocycles. The highest BCUT2D eigenvalue weighted by Gasteiger charge is 2.23. The van der Waals surface area contributed by atoms with Crippen molar-refractivity contribution in [3.63, 3.8) is 0 Å². The molecule has 6 nitrogen and oxygen atoms in total. The van der Waals surface area contributed by atoms with Gasteiger partial charge in [-0.25, -0.2) is 0 Å². The van der Waals surface area contributed by atoms with Crippen LogP contribution >= 0.6 is 0 Å². The molecule has 0 aromatic heterocycles. The number of benzene rings is 1. The largest absolute Gasteiger partial charge is 0.480 e. The molecule has 1 aliphatic heterocycles. The number of hydrogen-bond acceptors (Lipinski definition) is 4. The van der Waals surface area contributed by atoms with Crippen molar-refractivity contribution in [1.29, 1.82) is 0 Å². The van der Waals surface area contributed by atoms with Gasteiger partial charge in [-0.15, -0.1) is 0 Å². The van der Waals surface area contributed by atoms with Gasteiger partial charge in [0.1, 0.15) is 5.75 Å². The van der Waals surface area contributed by atoms with Crippen LogP contribution in [0, 0.1) is 0 Å². The van der Waals surface area contributed by atoms with E-state index in [1.807, 2.05) is 9.80 Å². The van der Waals surface area contributed by atoms with Gasteiger partial charge < -0.3 is 14.7 Å². The van der Waals surface area contributed by atoms with E-state index in [1.54, 1.807) is 19.2 Å². The molecule has 1 aromatic rings. The molecule has 1 unspecified atom stereocenters. The summed E-state index contributed by atoms with van der Waals surface area (Å²) in [7, 11) is 1.80. The zero-order chi connectivity index (χ0) is 19.8. The number of alkyl halides is 2. The van der Waals surface area contributed by atoms with Crippen LogP contribution in [0.4, 0.5) is 8.78 Å². The molecule has 27 heavy (non-hydrogen) atoms. The summed E-state index contributed by atoms with van der Waals surface area (Å²) in [6, 6.07) is 6.48. The van der Waals surface area contributed by atoms with Crippen molar-refractivity contribution < 1.29 is 28.2 Å². The SMILES string of the molecule is CN(CC(=O)O)C1CCCN(C(=O)CCc2ccc(OC(F)F)cc2)CC1. The Morgan fingerprint density at radius 2 is 1.96 bits per heavy atom. The fraction of sp³-hybridized carbons (Fsp3) is 0.579. The molecule has 150 valence electrons. The van der Waals surface area contributed by atoms with Crippen molar-refractivity contribution in [3.8, 4) is 5.75 Å². The zero-order valence-corrected chi connectivity index (χ0v) is 15.4. The van der Waals surface area contributed by atoms with Crippen LogP contribution in [0.1, 0.15) is 31.2 Å². The maximum Gasteiger partial charge on any atom is 0.387 e. The molecule has 1 heterocycles. The minimum Gasteiger partial charge on any atom is -0.480 e. The Hall–Kier alpha value is -2.22. The molecule has 8 heteroatoms. The highest BCUT2D eigenvalue weighted by atomic mass is 19.3. The number of carboxylic acid groups (broad SMARTS) is 1. The summed E-state index contributed by atoms with van der Waals surface area (Å²) in [5.41, 5.74) is 0.888. The molecule has 1 atom stereocenters. The smallest absolute Gasteiger partial charge is 0.387 e. The second-order valence-electron chi connectivity index (χ2n) is 6.80. The summed E-state index contributed by atoms with van der Waals surface area (Å²) in [5, 5.41) is 8.91. The van der Waals surface area contributed by atoms with Crippen LogP contribution in [-0.4, -0.2) is 66.1 Å². The van der Waals surface area contributed by atoms with E-state index in [-0.39, 0.29) is 24.2 Å². The topological polar surface area (TPSA) is 70.1 Å². The summed E-state index contributed by atoms with van der Waals surface area (Å²) in [6.45, 7) is -1.55. The molecule has 1 amide bonds. The highest BCUT2D eigenvalue weighted by Crippen LogP contribution is 2.18. The Bertz CT molecular complexity index is 625. The van der Waals surface area contributed by atoms with Crippen molar-refractivity contribution in [1.82, 2.24) is 9.80 Å². The van der Waals surface area contributed by atoms with Crippen LogP contribution in [0.3, 0.4) is 0 Å². The summed E-state index contributed by atoms with van der Waals surface area (Å²) in [5.74, 6) is -0.687. The quantitative estimate of drug-likeness (QED) is 0.746. The lowest BCUT2D eigenvalue weighted by Crippen LogP contribution is -2.37. The molecule has 2 rings (SSSR count). The van der Waals surface area contributed by atoms with Crippen LogP contribution in [0.25, 0.3) is 0 Å². The third-order valence-electron chi connectivity index (χ3n) is 4.83. The number of likely N-dealkylation sites (N-methyl/N-ethyl adjacent to an activating group) is 1. The minimum atomic E-state index is -2.85. The van der Waals surface area contributed by atoms with E-state index in [2.05, 4.69) is 4.74 Å². The fourth-order valence-electron chi connectivity index (χ4n) is 3.36. The molecule has 0 bridgehead atoms. The molecular formula is C19H26F2N2O4. The summed E-state index contributed by atoms with van der Waals surface area (Å²) in [4.78, 5) is 27.0. The monoisotopic (exact) mass is 384 g/mol. The first-order valence-corrected chi connectivity index (χ1v) is 9.08. The van der Waals surface area contributed by atoms with E-state index in [0.29, 0.717) is 25.9 Å². The second-order valence-corrected chi connectivity index (χ2v) is 6.80. The number of hydrogen-bond donors (Lipinski definition) is 1. The van der Waals surface area contributed by atoms with E-state index in [0.717, 1.165) is 24.8 Å². The predicted molar refractivity (Wildman–Crippen MR) is 95.9 cm³/mol. The standard InChI is InChI=1S/C19H26F2N2O4/c1-22(13-18(25)26)15-3-2-11-23(12-10-15)17(24)9-6-14-4-7-16(8-5-14)27-19(20)21/h4-5,7-8,15,19H,2-3,6,9-13H2,1H3,(H,25,26). The van der Waals surface area contributed by atoms with Crippen molar-refractivity contribution in [2.24, 2.45) is 0 Å². The van der Waals surface area contributed by atoms with E-state index < -0.39 is 12.6 Å². The normalized spacial score (nSPS) is 17.8. The van der Waals surface area contributed by atoms with Gasteiger partial charge in [0.2, 0.25) is 5.91 Å². The Morgan fingerprint density at radius 3 is 2.59 bits per heavy atom. The number of carbonyl (C=O) groups excluding carboxylic acids is 1. The fourth-order valence-corrected chi connectivity index (χ4v) is 3.36. The average Bonchev–Trinajstić information content (AvgIpc) is 2.86. The van der Waals surface area contributed by atoms with Gasteiger partial charge in [0.25, 0.3) is 0 Å². The molecule has 1 N–H and O–H groups in total. The Labute approximate surface area is 157 Å². The number of amides is 1. The van der Waals surface area contributed by atoms with Gasteiger partial charge in [-0.3, -0.25) is 14.5 Å². The van der Waals surface area contributed by atoms with Gasteiger partial charge in [0, 0.05) is 25.6 Å². The number of likely N-dealkylation sites (tertiary alicyclic amines) is 1. The maximum atomic E-state index is 12.5. The van der Waals surface area contributed by atoms with Gasteiger partial charge in [-0.05, 0) is 50.4 Å². The number of ether oxygens (including phenoxy) is 1. The van der Waals surface area contributed by atoms with Crippen molar-refractivity contribution in [2.45, 2.75) is 44.8 Å². The maximum absolute atomic E-state index is 12.5. The number of carbonyl (C=O) groups is 2.